The van der Waals surface area contributed by atoms with Crippen molar-refractivity contribution in [3.05, 3.63) is 53.7 Å². The Morgan fingerprint density at radius 3 is 2.21 bits per heavy atom. The summed E-state index contributed by atoms with van der Waals surface area (Å²) in [5.41, 5.74) is 1.83. The van der Waals surface area contributed by atoms with Gasteiger partial charge in [0.25, 0.3) is 0 Å². The van der Waals surface area contributed by atoms with Gasteiger partial charge in [-0.3, -0.25) is 14.5 Å². The van der Waals surface area contributed by atoms with Gasteiger partial charge in [-0.05, 0) is 48.1 Å². The minimum absolute atomic E-state index is 0.106. The zero-order valence-electron chi connectivity index (χ0n) is 20.1. The van der Waals surface area contributed by atoms with E-state index in [1.807, 2.05) is 51.2 Å². The Hall–Kier alpha value is -3.42. The summed E-state index contributed by atoms with van der Waals surface area (Å²) in [5, 5.41) is 0. The van der Waals surface area contributed by atoms with Crippen LogP contribution in [0.1, 0.15) is 37.8 Å². The summed E-state index contributed by atoms with van der Waals surface area (Å²) in [4.78, 5) is 46.9. The fraction of sp³-hybridized carbons (Fsp3) is 0.462. The van der Waals surface area contributed by atoms with Crippen LogP contribution in [0.5, 0.6) is 5.75 Å². The molecule has 0 radical (unpaired) electrons. The molecule has 34 heavy (non-hydrogen) atoms. The number of rotatable bonds is 5. The molecule has 8 heteroatoms. The van der Waals surface area contributed by atoms with Gasteiger partial charge in [0.05, 0.1) is 0 Å². The smallest absolute Gasteiger partial charge is 0.410 e. The predicted molar refractivity (Wildman–Crippen MR) is 129 cm³/mol. The van der Waals surface area contributed by atoms with Gasteiger partial charge in [0.2, 0.25) is 11.8 Å². The van der Waals surface area contributed by atoms with Crippen LogP contribution < -0.4 is 9.64 Å². The molecular weight excluding hydrogens is 432 g/mol. The average molecular weight is 465 g/mol. The van der Waals surface area contributed by atoms with Crippen LogP contribution in [-0.2, 0) is 16.0 Å². The summed E-state index contributed by atoms with van der Waals surface area (Å²) < 4.78 is 5.55. The average Bonchev–Trinajstić information content (AvgIpc) is 2.79. The van der Waals surface area contributed by atoms with Crippen molar-refractivity contribution in [2.75, 3.05) is 37.6 Å². The number of aromatic nitrogens is 1. The van der Waals surface area contributed by atoms with E-state index in [0.717, 1.165) is 16.9 Å². The lowest BCUT2D eigenvalue weighted by molar-refractivity contribution is -0.152. The first kappa shape index (κ1) is 23.7. The lowest BCUT2D eigenvalue weighted by Crippen LogP contribution is -2.49. The van der Waals surface area contributed by atoms with Crippen LogP contribution in [-0.4, -0.2) is 65.4 Å². The Bertz CT molecular complexity index is 1020. The van der Waals surface area contributed by atoms with Gasteiger partial charge in [0.15, 0.2) is 0 Å². The van der Waals surface area contributed by atoms with Crippen molar-refractivity contribution >= 4 is 23.7 Å². The number of nitrogens with zero attached hydrogens (tertiary/aromatic N) is 4. The molecule has 8 nitrogen and oxygen atoms in total. The number of likely N-dealkylation sites (tertiary alicyclic amines) is 1. The molecule has 3 heterocycles. The Balaban J connectivity index is 1.24. The Morgan fingerprint density at radius 1 is 0.971 bits per heavy atom. The second kappa shape index (κ2) is 9.83. The summed E-state index contributed by atoms with van der Waals surface area (Å²) in [7, 11) is 0. The Kier molecular flexibility index (Phi) is 6.86. The quantitative estimate of drug-likeness (QED) is 0.631. The molecule has 180 valence electrons. The van der Waals surface area contributed by atoms with E-state index < -0.39 is 0 Å². The van der Waals surface area contributed by atoms with Crippen molar-refractivity contribution in [2.45, 2.75) is 40.0 Å². The fourth-order valence-electron chi connectivity index (χ4n) is 4.36. The zero-order chi connectivity index (χ0) is 24.3. The summed E-state index contributed by atoms with van der Waals surface area (Å²) >= 11 is 0. The van der Waals surface area contributed by atoms with E-state index in [2.05, 4.69) is 9.88 Å². The number of hydrogen-bond donors (Lipinski definition) is 0. The summed E-state index contributed by atoms with van der Waals surface area (Å²) in [6.07, 6.45) is 2.84. The molecule has 0 saturated carbocycles. The molecule has 2 fully saturated rings. The highest BCUT2D eigenvalue weighted by Gasteiger charge is 2.37. The summed E-state index contributed by atoms with van der Waals surface area (Å²) in [5.74, 6) is 1.18. The van der Waals surface area contributed by atoms with Crippen LogP contribution >= 0.6 is 0 Å². The van der Waals surface area contributed by atoms with Crippen LogP contribution in [0.2, 0.25) is 0 Å². The van der Waals surface area contributed by atoms with Gasteiger partial charge in [-0.1, -0.05) is 32.0 Å². The Morgan fingerprint density at radius 2 is 1.62 bits per heavy atom. The molecule has 2 aromatic rings. The number of imide groups is 1. The maximum absolute atomic E-state index is 12.6. The lowest BCUT2D eigenvalue weighted by Gasteiger charge is -2.34. The number of ether oxygens (including phenoxy) is 1. The van der Waals surface area contributed by atoms with Gasteiger partial charge in [0.1, 0.15) is 11.6 Å². The highest BCUT2D eigenvalue weighted by molar-refractivity contribution is 5.98. The second-order valence-electron chi connectivity index (χ2n) is 9.89. The molecule has 0 unspecified atom stereocenters. The van der Waals surface area contributed by atoms with E-state index in [4.69, 9.17) is 4.74 Å². The van der Waals surface area contributed by atoms with Gasteiger partial charge < -0.3 is 14.5 Å². The first-order valence-corrected chi connectivity index (χ1v) is 11.8. The van der Waals surface area contributed by atoms with Crippen molar-refractivity contribution in [1.29, 1.82) is 0 Å². The van der Waals surface area contributed by atoms with Gasteiger partial charge >= 0.3 is 6.09 Å². The predicted octanol–water partition coefficient (Wildman–Crippen LogP) is 3.43. The van der Waals surface area contributed by atoms with Crippen LogP contribution in [0.25, 0.3) is 0 Å². The third-order valence-corrected chi connectivity index (χ3v) is 6.37. The SMILES string of the molecule is Cc1ccc(N2CCN(C(=O)Oc3ccc(CCN4C(=O)CC(C)(C)CC4=O)cc3)CC2)nc1. The van der Waals surface area contributed by atoms with Crippen LogP contribution in [0.4, 0.5) is 10.6 Å². The number of pyridine rings is 1. The van der Waals surface area contributed by atoms with E-state index in [0.29, 0.717) is 57.7 Å². The number of carbonyl (C=O) groups is 3. The zero-order valence-corrected chi connectivity index (χ0v) is 20.1. The molecule has 2 aliphatic heterocycles. The molecule has 1 aromatic heterocycles. The van der Waals surface area contributed by atoms with Crippen molar-refractivity contribution in [2.24, 2.45) is 5.41 Å². The molecule has 0 spiro atoms. The van der Waals surface area contributed by atoms with E-state index in [1.165, 1.54) is 4.90 Å². The standard InChI is InChI=1S/C26H32N4O4/c1-19-4-9-22(27-18-19)28-12-14-29(15-13-28)25(33)34-21-7-5-20(6-8-21)10-11-30-23(31)16-26(2,3)17-24(30)32/h4-9,18H,10-17H2,1-3H3. The van der Waals surface area contributed by atoms with Crippen LogP contribution in [0, 0.1) is 12.3 Å². The van der Waals surface area contributed by atoms with Gasteiger partial charge in [-0.2, -0.15) is 0 Å². The first-order valence-electron chi connectivity index (χ1n) is 11.8. The molecule has 0 aliphatic carbocycles. The first-order chi connectivity index (χ1) is 16.2. The van der Waals surface area contributed by atoms with Crippen molar-refractivity contribution in [1.82, 2.24) is 14.8 Å². The fourth-order valence-corrected chi connectivity index (χ4v) is 4.36. The number of amides is 3. The maximum Gasteiger partial charge on any atom is 0.415 e. The highest BCUT2D eigenvalue weighted by atomic mass is 16.6. The minimum Gasteiger partial charge on any atom is -0.410 e. The molecule has 1 aromatic carbocycles. The van der Waals surface area contributed by atoms with E-state index >= 15 is 0 Å². The molecule has 0 bridgehead atoms. The molecule has 3 amide bonds. The Labute approximate surface area is 200 Å². The summed E-state index contributed by atoms with van der Waals surface area (Å²) in [6.45, 7) is 8.82. The molecule has 0 N–H and O–H groups in total. The summed E-state index contributed by atoms with van der Waals surface area (Å²) in [6, 6.07) is 11.3. The third-order valence-electron chi connectivity index (χ3n) is 6.37. The third kappa shape index (κ3) is 5.73. The van der Waals surface area contributed by atoms with Crippen molar-refractivity contribution in [3.8, 4) is 5.75 Å². The lowest BCUT2D eigenvalue weighted by atomic mass is 9.81. The molecule has 2 aliphatic rings. The number of hydrogen-bond acceptors (Lipinski definition) is 6. The number of piperazine rings is 1. The van der Waals surface area contributed by atoms with Crippen LogP contribution in [0.3, 0.4) is 0 Å². The van der Waals surface area contributed by atoms with Gasteiger partial charge in [-0.25, -0.2) is 9.78 Å². The molecular formula is C26H32N4O4. The normalized spacial score (nSPS) is 18.3. The number of anilines is 1. The largest absolute Gasteiger partial charge is 0.415 e. The number of carbonyl (C=O) groups excluding carboxylic acids is 3. The number of benzene rings is 1. The van der Waals surface area contributed by atoms with E-state index in [-0.39, 0.29) is 23.3 Å². The van der Waals surface area contributed by atoms with E-state index in [1.54, 1.807) is 17.0 Å². The molecule has 2 saturated heterocycles. The van der Waals surface area contributed by atoms with E-state index in [9.17, 15) is 14.4 Å². The number of aryl methyl sites for hydroxylation is 1. The van der Waals surface area contributed by atoms with Gasteiger partial charge in [0, 0.05) is 51.8 Å². The molecule has 4 rings (SSSR count). The van der Waals surface area contributed by atoms with Crippen LogP contribution in [0.15, 0.2) is 42.6 Å². The van der Waals surface area contributed by atoms with Crippen molar-refractivity contribution < 1.29 is 19.1 Å². The number of piperidine rings is 1. The monoisotopic (exact) mass is 464 g/mol. The maximum atomic E-state index is 12.6. The topological polar surface area (TPSA) is 83.0 Å². The van der Waals surface area contributed by atoms with Crippen molar-refractivity contribution in [3.63, 3.8) is 0 Å². The minimum atomic E-state index is -0.364. The van der Waals surface area contributed by atoms with Gasteiger partial charge in [-0.15, -0.1) is 0 Å². The second-order valence-corrected chi connectivity index (χ2v) is 9.89. The highest BCUT2D eigenvalue weighted by Crippen LogP contribution is 2.31. The molecule has 0 atom stereocenters.